The zero-order valence-electron chi connectivity index (χ0n) is 17.0. The fraction of sp³-hybridized carbons (Fsp3) is 0.476. The van der Waals surface area contributed by atoms with Crippen LogP contribution in [0.3, 0.4) is 0 Å². The minimum Gasteiger partial charge on any atom is -0.379 e. The van der Waals surface area contributed by atoms with Crippen LogP contribution in [0.25, 0.3) is 10.2 Å². The van der Waals surface area contributed by atoms with Gasteiger partial charge in [0, 0.05) is 38.9 Å². The van der Waals surface area contributed by atoms with Gasteiger partial charge in [-0.1, -0.05) is 23.5 Å². The minimum atomic E-state index is -0.0389. The molecule has 0 bridgehead atoms. The summed E-state index contributed by atoms with van der Waals surface area (Å²) in [5.74, 6) is -0.0389. The number of nitrogens with zero attached hydrogens (tertiary/aromatic N) is 5. The zero-order valence-corrected chi connectivity index (χ0v) is 17.8. The Balaban J connectivity index is 1.58. The van der Waals surface area contributed by atoms with Crippen molar-refractivity contribution in [3.8, 4) is 0 Å². The highest BCUT2D eigenvalue weighted by Gasteiger charge is 2.24. The van der Waals surface area contributed by atoms with Gasteiger partial charge in [-0.15, -0.1) is 0 Å². The molecule has 29 heavy (non-hydrogen) atoms. The van der Waals surface area contributed by atoms with E-state index in [1.165, 1.54) is 0 Å². The molecule has 4 rings (SSSR count). The maximum atomic E-state index is 13.4. The molecule has 0 atom stereocenters. The zero-order chi connectivity index (χ0) is 20.2. The number of aryl methyl sites for hydroxylation is 2. The molecule has 0 aliphatic carbocycles. The third-order valence-electron chi connectivity index (χ3n) is 5.28. The molecule has 0 radical (unpaired) electrons. The Hall–Kier alpha value is -2.29. The Labute approximate surface area is 174 Å². The molecule has 7 nitrogen and oxygen atoms in total. The Morgan fingerprint density at radius 3 is 2.86 bits per heavy atom. The van der Waals surface area contributed by atoms with Crippen molar-refractivity contribution in [1.29, 1.82) is 0 Å². The number of hydrogen-bond donors (Lipinski definition) is 0. The molecule has 1 aliphatic heterocycles. The third-order valence-corrected chi connectivity index (χ3v) is 6.32. The second-order valence-electron chi connectivity index (χ2n) is 7.21. The Bertz CT molecular complexity index is 977. The molecular weight excluding hydrogens is 386 g/mol. The number of fused-ring (bicyclic) bond motifs is 1. The number of benzene rings is 1. The summed E-state index contributed by atoms with van der Waals surface area (Å²) in [7, 11) is 0. The van der Waals surface area contributed by atoms with E-state index in [-0.39, 0.29) is 5.91 Å². The Morgan fingerprint density at radius 1 is 1.28 bits per heavy atom. The lowest BCUT2D eigenvalue weighted by molar-refractivity contribution is 0.0376. The topological polar surface area (TPSA) is 63.5 Å². The average Bonchev–Trinajstić information content (AvgIpc) is 3.39. The monoisotopic (exact) mass is 413 g/mol. The number of carbonyl (C=O) groups is 1. The van der Waals surface area contributed by atoms with Crippen LogP contribution < -0.4 is 4.90 Å². The molecule has 0 saturated carbocycles. The Kier molecular flexibility index (Phi) is 6.22. The number of anilines is 1. The van der Waals surface area contributed by atoms with Crippen molar-refractivity contribution in [3.05, 3.63) is 41.7 Å². The van der Waals surface area contributed by atoms with Crippen LogP contribution in [-0.4, -0.2) is 65.0 Å². The molecule has 154 valence electrons. The van der Waals surface area contributed by atoms with Crippen molar-refractivity contribution in [2.24, 2.45) is 0 Å². The van der Waals surface area contributed by atoms with Crippen molar-refractivity contribution in [1.82, 2.24) is 19.7 Å². The van der Waals surface area contributed by atoms with E-state index in [9.17, 15) is 4.79 Å². The smallest absolute Gasteiger partial charge is 0.278 e. The first-order chi connectivity index (χ1) is 14.2. The van der Waals surface area contributed by atoms with E-state index in [4.69, 9.17) is 9.72 Å². The van der Waals surface area contributed by atoms with Gasteiger partial charge in [0.1, 0.15) is 5.69 Å². The molecule has 1 saturated heterocycles. The summed E-state index contributed by atoms with van der Waals surface area (Å²) in [5, 5.41) is 5.03. The fourth-order valence-electron chi connectivity index (χ4n) is 3.66. The number of amides is 1. The van der Waals surface area contributed by atoms with E-state index in [1.807, 2.05) is 17.9 Å². The normalized spacial score (nSPS) is 15.1. The predicted molar refractivity (Wildman–Crippen MR) is 116 cm³/mol. The van der Waals surface area contributed by atoms with Crippen LogP contribution in [0.1, 0.15) is 29.4 Å². The van der Waals surface area contributed by atoms with Gasteiger partial charge in [-0.2, -0.15) is 5.10 Å². The summed E-state index contributed by atoms with van der Waals surface area (Å²) < 4.78 is 8.28. The number of para-hydroxylation sites is 1. The molecule has 3 aromatic rings. The van der Waals surface area contributed by atoms with Crippen LogP contribution in [0.15, 0.2) is 30.5 Å². The first kappa shape index (κ1) is 20.0. The quantitative estimate of drug-likeness (QED) is 0.595. The van der Waals surface area contributed by atoms with Crippen molar-refractivity contribution in [2.45, 2.75) is 26.8 Å². The number of hydrogen-bond acceptors (Lipinski definition) is 6. The van der Waals surface area contributed by atoms with E-state index in [2.05, 4.69) is 29.1 Å². The van der Waals surface area contributed by atoms with Gasteiger partial charge in [-0.3, -0.25) is 19.3 Å². The summed E-state index contributed by atoms with van der Waals surface area (Å²) in [5.41, 5.74) is 2.71. The summed E-state index contributed by atoms with van der Waals surface area (Å²) in [4.78, 5) is 22.5. The number of thiazole rings is 1. The maximum Gasteiger partial charge on any atom is 0.278 e. The van der Waals surface area contributed by atoms with Gasteiger partial charge in [-0.25, -0.2) is 4.98 Å². The highest BCUT2D eigenvalue weighted by atomic mass is 32.1. The molecular formula is C21H27N5O2S. The molecule has 1 aromatic carbocycles. The lowest BCUT2D eigenvalue weighted by atomic mass is 10.2. The highest BCUT2D eigenvalue weighted by Crippen LogP contribution is 2.31. The first-order valence-corrected chi connectivity index (χ1v) is 11.0. The maximum absolute atomic E-state index is 13.4. The van der Waals surface area contributed by atoms with E-state index >= 15 is 0 Å². The molecule has 1 amide bonds. The first-order valence-electron chi connectivity index (χ1n) is 10.2. The van der Waals surface area contributed by atoms with Gasteiger partial charge in [0.05, 0.1) is 23.4 Å². The summed E-state index contributed by atoms with van der Waals surface area (Å²) in [6.07, 6.45) is 2.58. The van der Waals surface area contributed by atoms with Gasteiger partial charge >= 0.3 is 0 Å². The van der Waals surface area contributed by atoms with Crippen molar-refractivity contribution in [2.75, 3.05) is 44.3 Å². The summed E-state index contributed by atoms with van der Waals surface area (Å²) in [6.45, 7) is 9.78. The summed E-state index contributed by atoms with van der Waals surface area (Å²) >= 11 is 1.58. The predicted octanol–water partition coefficient (Wildman–Crippen LogP) is 3.19. The van der Waals surface area contributed by atoms with Gasteiger partial charge in [0.15, 0.2) is 5.13 Å². The van der Waals surface area contributed by atoms with Crippen LogP contribution in [0.4, 0.5) is 5.13 Å². The van der Waals surface area contributed by atoms with Crippen LogP contribution >= 0.6 is 11.3 Å². The minimum absolute atomic E-state index is 0.0389. The number of rotatable bonds is 7. The Morgan fingerprint density at radius 2 is 2.10 bits per heavy atom. The van der Waals surface area contributed by atoms with Crippen molar-refractivity contribution < 1.29 is 9.53 Å². The number of aromatic nitrogens is 3. The van der Waals surface area contributed by atoms with E-state index < -0.39 is 0 Å². The molecule has 0 N–H and O–H groups in total. The van der Waals surface area contributed by atoms with E-state index in [0.29, 0.717) is 18.8 Å². The second-order valence-corrected chi connectivity index (χ2v) is 8.22. The summed E-state index contributed by atoms with van der Waals surface area (Å²) in [6, 6.07) is 7.95. The fourth-order valence-corrected chi connectivity index (χ4v) is 4.72. The molecule has 1 fully saturated rings. The molecule has 1 aliphatic rings. The van der Waals surface area contributed by atoms with Crippen LogP contribution in [0, 0.1) is 6.92 Å². The lowest BCUT2D eigenvalue weighted by Crippen LogP contribution is -2.39. The van der Waals surface area contributed by atoms with Gasteiger partial charge in [0.25, 0.3) is 5.91 Å². The second kappa shape index (κ2) is 9.02. The molecule has 0 spiro atoms. The standard InChI is InChI=1S/C21H27N5O2S/c1-3-26-17(8-9-22-26)20(27)25(11-5-10-24-12-14-28-15-13-24)21-23-19-16(2)6-4-7-18(19)29-21/h4,6-9H,3,5,10-15H2,1-2H3. The largest absolute Gasteiger partial charge is 0.379 e. The van der Waals surface area contributed by atoms with Gasteiger partial charge in [0.2, 0.25) is 0 Å². The van der Waals surface area contributed by atoms with E-state index in [0.717, 1.165) is 60.2 Å². The van der Waals surface area contributed by atoms with Crippen molar-refractivity contribution >= 4 is 32.6 Å². The van der Waals surface area contributed by atoms with E-state index in [1.54, 1.807) is 28.3 Å². The molecule has 2 aromatic heterocycles. The highest BCUT2D eigenvalue weighted by molar-refractivity contribution is 7.22. The van der Waals surface area contributed by atoms with Gasteiger partial charge < -0.3 is 4.74 Å². The van der Waals surface area contributed by atoms with Gasteiger partial charge in [-0.05, 0) is 38.0 Å². The van der Waals surface area contributed by atoms with Crippen molar-refractivity contribution in [3.63, 3.8) is 0 Å². The molecule has 8 heteroatoms. The number of ether oxygens (including phenoxy) is 1. The SMILES string of the molecule is CCn1nccc1C(=O)N(CCCN1CCOCC1)c1nc2c(C)cccc2s1. The average molecular weight is 414 g/mol. The molecule has 3 heterocycles. The number of carbonyl (C=O) groups excluding carboxylic acids is 1. The van der Waals surface area contributed by atoms with Crippen LogP contribution in [0.5, 0.6) is 0 Å². The lowest BCUT2D eigenvalue weighted by Gasteiger charge is -2.27. The number of morpholine rings is 1. The van der Waals surface area contributed by atoms with Crippen LogP contribution in [-0.2, 0) is 11.3 Å². The van der Waals surface area contributed by atoms with Crippen LogP contribution in [0.2, 0.25) is 0 Å². The third kappa shape index (κ3) is 4.34. The molecule has 0 unspecified atom stereocenters.